The van der Waals surface area contributed by atoms with E-state index in [4.69, 9.17) is 10.5 Å². The van der Waals surface area contributed by atoms with Gasteiger partial charge in [-0.25, -0.2) is 4.79 Å². The molecule has 3 fully saturated rings. The zero-order valence-electron chi connectivity index (χ0n) is 22.0. The largest absolute Gasteiger partial charge is 0.444 e. The molecule has 1 aromatic carbocycles. The summed E-state index contributed by atoms with van der Waals surface area (Å²) in [5, 5.41) is 0. The smallest absolute Gasteiger partial charge is 0.416 e. The third-order valence-electron chi connectivity index (χ3n) is 7.75. The van der Waals surface area contributed by atoms with Crippen LogP contribution in [0.3, 0.4) is 0 Å². The van der Waals surface area contributed by atoms with Crippen molar-refractivity contribution in [3.8, 4) is 0 Å². The maximum atomic E-state index is 13.6. The van der Waals surface area contributed by atoms with Crippen LogP contribution in [0.15, 0.2) is 24.3 Å². The maximum Gasteiger partial charge on any atom is 0.416 e. The Hall–Kier alpha value is -3.11. The maximum absolute atomic E-state index is 13.6. The molecule has 11 heteroatoms. The molecule has 208 valence electrons. The predicted molar refractivity (Wildman–Crippen MR) is 131 cm³/mol. The van der Waals surface area contributed by atoms with E-state index in [-0.39, 0.29) is 18.1 Å². The van der Waals surface area contributed by atoms with Crippen molar-refractivity contribution in [1.29, 1.82) is 0 Å². The minimum atomic E-state index is -4.48. The topological polar surface area (TPSA) is 110 Å². The Morgan fingerprint density at radius 2 is 1.71 bits per heavy atom. The van der Waals surface area contributed by atoms with E-state index in [9.17, 15) is 32.3 Å². The standard InChI is InChI=1S/C27H34F3N3O5/c1-14-17(22(34)19-12-18(19)15-7-5-8-16(11-15)27(28,29)30)13-21(33(14)25(37)38-26(2,3)4)24(36)32-10-6-9-20(32)23(31)35/h5,7-8,11,14,17-21H,6,9-10,12-13H2,1-4H3,(H2,31,35)/t14-,17?,18?,19?,20?,21-/m0/s1. The predicted octanol–water partition coefficient (Wildman–Crippen LogP) is 3.87. The average molecular weight is 538 g/mol. The van der Waals surface area contributed by atoms with Crippen molar-refractivity contribution in [2.45, 2.75) is 89.2 Å². The van der Waals surface area contributed by atoms with Crippen LogP contribution >= 0.6 is 0 Å². The number of rotatable bonds is 5. The fraction of sp³-hybridized carbons (Fsp3) is 0.630. The van der Waals surface area contributed by atoms with Gasteiger partial charge in [-0.1, -0.05) is 18.2 Å². The molecule has 4 unspecified atom stereocenters. The third kappa shape index (κ3) is 5.51. The minimum absolute atomic E-state index is 0.0475. The van der Waals surface area contributed by atoms with Gasteiger partial charge >= 0.3 is 12.3 Å². The summed E-state index contributed by atoms with van der Waals surface area (Å²) >= 11 is 0. The van der Waals surface area contributed by atoms with Crippen molar-refractivity contribution in [3.05, 3.63) is 35.4 Å². The van der Waals surface area contributed by atoms with Crippen molar-refractivity contribution < 1.29 is 37.1 Å². The number of ketones is 1. The van der Waals surface area contributed by atoms with Gasteiger partial charge in [0.25, 0.3) is 0 Å². The van der Waals surface area contributed by atoms with Crippen LogP contribution in [0, 0.1) is 11.8 Å². The number of likely N-dealkylation sites (tertiary alicyclic amines) is 2. The van der Waals surface area contributed by atoms with E-state index in [0.717, 1.165) is 12.1 Å². The van der Waals surface area contributed by atoms with E-state index >= 15 is 0 Å². The second-order valence-corrected chi connectivity index (χ2v) is 11.6. The molecule has 8 nitrogen and oxygen atoms in total. The van der Waals surface area contributed by atoms with Gasteiger partial charge in [0, 0.05) is 24.4 Å². The van der Waals surface area contributed by atoms with Gasteiger partial charge < -0.3 is 15.4 Å². The first-order valence-electron chi connectivity index (χ1n) is 12.9. The fourth-order valence-electron chi connectivity index (χ4n) is 5.83. The van der Waals surface area contributed by atoms with Crippen LogP contribution in [-0.4, -0.2) is 63.8 Å². The van der Waals surface area contributed by atoms with Gasteiger partial charge in [-0.3, -0.25) is 19.3 Å². The molecule has 0 radical (unpaired) electrons. The zero-order valence-corrected chi connectivity index (χ0v) is 22.0. The van der Waals surface area contributed by atoms with Crippen LogP contribution in [0.25, 0.3) is 0 Å². The fourth-order valence-corrected chi connectivity index (χ4v) is 5.83. The highest BCUT2D eigenvalue weighted by molar-refractivity contribution is 5.94. The van der Waals surface area contributed by atoms with E-state index in [1.165, 1.54) is 15.9 Å². The monoisotopic (exact) mass is 537 g/mol. The number of Topliss-reactive ketones (excluding diaryl/α,β-unsaturated/α-hetero) is 1. The number of carbonyl (C=O) groups excluding carboxylic acids is 4. The summed E-state index contributed by atoms with van der Waals surface area (Å²) in [5.74, 6) is -2.81. The van der Waals surface area contributed by atoms with E-state index in [0.29, 0.717) is 31.4 Å². The Morgan fingerprint density at radius 1 is 1.03 bits per heavy atom. The van der Waals surface area contributed by atoms with E-state index in [1.54, 1.807) is 33.8 Å². The molecule has 2 aliphatic heterocycles. The summed E-state index contributed by atoms with van der Waals surface area (Å²) in [6.45, 7) is 7.07. The molecule has 2 saturated heterocycles. The number of hydrogen-bond donors (Lipinski definition) is 1. The molecule has 0 spiro atoms. The highest BCUT2D eigenvalue weighted by Crippen LogP contribution is 2.51. The normalized spacial score (nSPS) is 29.3. The second-order valence-electron chi connectivity index (χ2n) is 11.6. The molecule has 0 aromatic heterocycles. The van der Waals surface area contributed by atoms with Gasteiger partial charge in [0.05, 0.1) is 5.56 Å². The van der Waals surface area contributed by atoms with Crippen LogP contribution < -0.4 is 5.73 Å². The van der Waals surface area contributed by atoms with Crippen molar-refractivity contribution in [3.63, 3.8) is 0 Å². The Kier molecular flexibility index (Phi) is 7.26. The molecular formula is C27H34F3N3O5. The zero-order chi connectivity index (χ0) is 28.2. The SMILES string of the molecule is C[C@H]1C(C(=O)C2CC2c2cccc(C(F)(F)F)c2)C[C@@H](C(=O)N2CCCC2C(N)=O)N1C(=O)OC(C)(C)C. The third-order valence-corrected chi connectivity index (χ3v) is 7.75. The number of ether oxygens (including phenoxy) is 1. The number of alkyl halides is 3. The lowest BCUT2D eigenvalue weighted by Gasteiger charge is -2.33. The van der Waals surface area contributed by atoms with Gasteiger partial charge in [-0.15, -0.1) is 0 Å². The van der Waals surface area contributed by atoms with E-state index in [2.05, 4.69) is 0 Å². The molecule has 1 saturated carbocycles. The number of amides is 3. The van der Waals surface area contributed by atoms with Gasteiger partial charge in [-0.2, -0.15) is 13.2 Å². The van der Waals surface area contributed by atoms with Crippen LogP contribution in [-0.2, 0) is 25.3 Å². The first kappa shape index (κ1) is 27.9. The molecule has 0 bridgehead atoms. The summed E-state index contributed by atoms with van der Waals surface area (Å²) in [5.41, 5.74) is 4.33. The number of carbonyl (C=O) groups is 4. The van der Waals surface area contributed by atoms with Gasteiger partial charge in [-0.05, 0) is 70.9 Å². The molecule has 3 aliphatic rings. The Balaban J connectivity index is 1.56. The Bertz CT molecular complexity index is 1130. The first-order valence-corrected chi connectivity index (χ1v) is 12.9. The van der Waals surface area contributed by atoms with Crippen molar-refractivity contribution in [2.75, 3.05) is 6.54 Å². The van der Waals surface area contributed by atoms with Gasteiger partial charge in [0.1, 0.15) is 23.5 Å². The average Bonchev–Trinajstić information content (AvgIpc) is 3.30. The van der Waals surface area contributed by atoms with E-state index < -0.39 is 65.2 Å². The molecule has 3 amide bonds. The summed E-state index contributed by atoms with van der Waals surface area (Å²) in [7, 11) is 0. The van der Waals surface area contributed by atoms with Crippen LogP contribution in [0.2, 0.25) is 0 Å². The highest BCUT2D eigenvalue weighted by Gasteiger charge is 2.55. The lowest BCUT2D eigenvalue weighted by atomic mass is 9.90. The van der Waals surface area contributed by atoms with Crippen LogP contribution in [0.5, 0.6) is 0 Å². The first-order chi connectivity index (χ1) is 17.6. The summed E-state index contributed by atoms with van der Waals surface area (Å²) in [6.07, 6.45) is -3.74. The number of nitrogens with two attached hydrogens (primary N) is 1. The molecule has 4 rings (SSSR count). The van der Waals surface area contributed by atoms with Crippen molar-refractivity contribution >= 4 is 23.7 Å². The Labute approximate surface area is 219 Å². The molecule has 6 atom stereocenters. The summed E-state index contributed by atoms with van der Waals surface area (Å²) in [6, 6.07) is 2.52. The molecule has 2 heterocycles. The van der Waals surface area contributed by atoms with E-state index in [1.807, 2.05) is 0 Å². The molecule has 1 aliphatic carbocycles. The molecular weight excluding hydrogens is 503 g/mol. The minimum Gasteiger partial charge on any atom is -0.444 e. The second kappa shape index (κ2) is 9.89. The van der Waals surface area contributed by atoms with Crippen LogP contribution in [0.1, 0.15) is 70.4 Å². The molecule has 2 N–H and O–H groups in total. The van der Waals surface area contributed by atoms with Gasteiger partial charge in [0.2, 0.25) is 11.8 Å². The number of primary amides is 1. The number of hydrogen-bond acceptors (Lipinski definition) is 5. The Morgan fingerprint density at radius 3 is 2.32 bits per heavy atom. The summed E-state index contributed by atoms with van der Waals surface area (Å²) in [4.78, 5) is 55.0. The van der Waals surface area contributed by atoms with Crippen LogP contribution in [0.4, 0.5) is 18.0 Å². The lowest BCUT2D eigenvalue weighted by molar-refractivity contribution is -0.141. The highest BCUT2D eigenvalue weighted by atomic mass is 19.4. The number of nitrogens with zero attached hydrogens (tertiary/aromatic N) is 2. The number of halogens is 3. The molecule has 1 aromatic rings. The quantitative estimate of drug-likeness (QED) is 0.613. The molecule has 38 heavy (non-hydrogen) atoms. The lowest BCUT2D eigenvalue weighted by Crippen LogP contribution is -2.54. The number of benzene rings is 1. The van der Waals surface area contributed by atoms with Crippen molar-refractivity contribution in [2.24, 2.45) is 17.6 Å². The van der Waals surface area contributed by atoms with Crippen molar-refractivity contribution in [1.82, 2.24) is 9.80 Å². The summed E-state index contributed by atoms with van der Waals surface area (Å²) < 4.78 is 45.1. The van der Waals surface area contributed by atoms with Gasteiger partial charge in [0.15, 0.2) is 0 Å².